The second kappa shape index (κ2) is 3.88. The topological polar surface area (TPSA) is 0 Å². The molecular formula is C9H17Re-. The van der Waals surface area contributed by atoms with Crippen LogP contribution in [0.5, 0.6) is 0 Å². The van der Waals surface area contributed by atoms with E-state index in [0.717, 1.165) is 5.92 Å². The summed E-state index contributed by atoms with van der Waals surface area (Å²) < 4.78 is 0. The number of hydrogen-bond donors (Lipinski definition) is 0. The molecule has 1 atom stereocenters. The van der Waals surface area contributed by atoms with Crippen molar-refractivity contribution in [2.45, 2.75) is 40.0 Å². The maximum absolute atomic E-state index is 2.49. The van der Waals surface area contributed by atoms with E-state index in [4.69, 9.17) is 0 Å². The van der Waals surface area contributed by atoms with E-state index in [9.17, 15) is 0 Å². The third kappa shape index (κ3) is 2.72. The van der Waals surface area contributed by atoms with Gasteiger partial charge in [0.25, 0.3) is 0 Å². The zero-order valence-electron chi connectivity index (χ0n) is 7.15. The molecule has 1 rings (SSSR count). The zero-order chi connectivity index (χ0) is 6.91. The van der Waals surface area contributed by atoms with Crippen LogP contribution in [0, 0.1) is 17.8 Å². The van der Waals surface area contributed by atoms with Gasteiger partial charge in [-0.2, -0.15) is 12.3 Å². The monoisotopic (exact) mass is 312 g/mol. The van der Waals surface area contributed by atoms with Crippen molar-refractivity contribution in [3.63, 3.8) is 0 Å². The third-order valence-electron chi connectivity index (χ3n) is 2.28. The second-order valence-electron chi connectivity index (χ2n) is 4.14. The Morgan fingerprint density at radius 1 is 1.30 bits per heavy atom. The molecule has 0 aliphatic heterocycles. The minimum atomic E-state index is 0. The van der Waals surface area contributed by atoms with E-state index in [2.05, 4.69) is 27.2 Å². The van der Waals surface area contributed by atoms with E-state index in [1.807, 2.05) is 0 Å². The quantitative estimate of drug-likeness (QED) is 0.603. The van der Waals surface area contributed by atoms with Crippen molar-refractivity contribution in [2.75, 3.05) is 0 Å². The summed E-state index contributed by atoms with van der Waals surface area (Å²) in [6, 6.07) is 0. The van der Waals surface area contributed by atoms with Gasteiger partial charge in [-0.1, -0.05) is 39.0 Å². The Balaban J connectivity index is 0.000000810. The van der Waals surface area contributed by atoms with Crippen molar-refractivity contribution >= 4 is 0 Å². The minimum Gasteiger partial charge on any atom is -0.325 e. The van der Waals surface area contributed by atoms with Crippen molar-refractivity contribution in [1.29, 1.82) is 0 Å². The van der Waals surface area contributed by atoms with Crippen molar-refractivity contribution in [3.8, 4) is 0 Å². The van der Waals surface area contributed by atoms with E-state index < -0.39 is 0 Å². The van der Waals surface area contributed by atoms with Crippen LogP contribution in [0.1, 0.15) is 40.0 Å². The first-order valence-corrected chi connectivity index (χ1v) is 3.94. The van der Waals surface area contributed by atoms with Gasteiger partial charge >= 0.3 is 0 Å². The molecule has 0 saturated heterocycles. The SMILES string of the molecule is CC(C)(C)C1[CH-]CCC1.[Re]. The van der Waals surface area contributed by atoms with E-state index >= 15 is 0 Å². The molecule has 0 nitrogen and oxygen atoms in total. The summed E-state index contributed by atoms with van der Waals surface area (Å²) in [6.07, 6.45) is 6.67. The fraction of sp³-hybridized carbons (Fsp3) is 0.889. The van der Waals surface area contributed by atoms with E-state index in [1.54, 1.807) is 0 Å². The number of rotatable bonds is 0. The van der Waals surface area contributed by atoms with Gasteiger partial charge < -0.3 is 6.42 Å². The van der Waals surface area contributed by atoms with Crippen molar-refractivity contribution < 1.29 is 20.4 Å². The van der Waals surface area contributed by atoms with Crippen LogP contribution in [0.25, 0.3) is 0 Å². The van der Waals surface area contributed by atoms with Gasteiger partial charge in [-0.05, 0) is 0 Å². The van der Waals surface area contributed by atoms with Crippen molar-refractivity contribution in [1.82, 2.24) is 0 Å². The van der Waals surface area contributed by atoms with Crippen LogP contribution in [-0.2, 0) is 20.4 Å². The average molecular weight is 311 g/mol. The van der Waals surface area contributed by atoms with E-state index in [1.165, 1.54) is 19.3 Å². The Bertz CT molecular complexity index is 85.4. The molecule has 0 bridgehead atoms. The second-order valence-corrected chi connectivity index (χ2v) is 4.14. The molecule has 0 amide bonds. The first-order chi connectivity index (χ1) is 4.11. The molecule has 1 fully saturated rings. The van der Waals surface area contributed by atoms with Gasteiger partial charge in [0, 0.05) is 20.4 Å². The van der Waals surface area contributed by atoms with Gasteiger partial charge in [0.1, 0.15) is 0 Å². The summed E-state index contributed by atoms with van der Waals surface area (Å²) in [5.74, 6) is 0.887. The van der Waals surface area contributed by atoms with Crippen molar-refractivity contribution in [2.24, 2.45) is 11.3 Å². The fourth-order valence-electron chi connectivity index (χ4n) is 1.56. The molecular weight excluding hydrogens is 294 g/mol. The first kappa shape index (κ1) is 10.7. The summed E-state index contributed by atoms with van der Waals surface area (Å²) in [5.41, 5.74) is 0.524. The van der Waals surface area contributed by atoms with Gasteiger partial charge in [-0.15, -0.1) is 0 Å². The molecule has 0 aromatic heterocycles. The van der Waals surface area contributed by atoms with Crippen LogP contribution < -0.4 is 0 Å². The molecule has 0 spiro atoms. The molecule has 1 aliphatic carbocycles. The number of hydrogen-bond acceptors (Lipinski definition) is 0. The molecule has 0 aromatic rings. The van der Waals surface area contributed by atoms with Crippen LogP contribution in [0.15, 0.2) is 0 Å². The van der Waals surface area contributed by atoms with E-state index in [0.29, 0.717) is 5.41 Å². The molecule has 1 radical (unpaired) electrons. The molecule has 61 valence electrons. The maximum atomic E-state index is 2.49. The Morgan fingerprint density at radius 2 is 1.90 bits per heavy atom. The van der Waals surface area contributed by atoms with Gasteiger partial charge in [0.2, 0.25) is 0 Å². The third-order valence-corrected chi connectivity index (χ3v) is 2.28. The van der Waals surface area contributed by atoms with E-state index in [-0.39, 0.29) is 20.4 Å². The standard InChI is InChI=1S/C9H17.Re/c1-9(2,3)8-6-4-5-7-8;/h6,8H,4-5,7H2,1-3H3;/q-1;. The Morgan fingerprint density at radius 3 is 2.10 bits per heavy atom. The van der Waals surface area contributed by atoms with Crippen LogP contribution in [0.2, 0.25) is 0 Å². The molecule has 10 heavy (non-hydrogen) atoms. The average Bonchev–Trinajstić information content (AvgIpc) is 2.08. The van der Waals surface area contributed by atoms with Gasteiger partial charge in [-0.3, -0.25) is 0 Å². The summed E-state index contributed by atoms with van der Waals surface area (Å²) in [5, 5.41) is 0. The molecule has 1 saturated carbocycles. The normalized spacial score (nSPS) is 26.1. The molecule has 0 heterocycles. The van der Waals surface area contributed by atoms with Gasteiger partial charge in [0.05, 0.1) is 0 Å². The van der Waals surface area contributed by atoms with Gasteiger partial charge in [-0.25, -0.2) is 0 Å². The summed E-state index contributed by atoms with van der Waals surface area (Å²) in [6.45, 7) is 7.00. The van der Waals surface area contributed by atoms with Crippen LogP contribution in [0.3, 0.4) is 0 Å². The predicted molar refractivity (Wildman–Crippen MR) is 41.1 cm³/mol. The maximum Gasteiger partial charge on any atom is 0 e. The predicted octanol–water partition coefficient (Wildman–Crippen LogP) is 3.03. The summed E-state index contributed by atoms with van der Waals surface area (Å²) in [7, 11) is 0. The largest absolute Gasteiger partial charge is 0.325 e. The molecule has 1 aliphatic rings. The molecule has 1 heteroatoms. The smallest absolute Gasteiger partial charge is 0 e. The molecule has 0 N–H and O–H groups in total. The molecule has 1 unspecified atom stereocenters. The first-order valence-electron chi connectivity index (χ1n) is 3.94. The summed E-state index contributed by atoms with van der Waals surface area (Å²) >= 11 is 0. The fourth-order valence-corrected chi connectivity index (χ4v) is 1.56. The van der Waals surface area contributed by atoms with Gasteiger partial charge in [0.15, 0.2) is 0 Å². The van der Waals surface area contributed by atoms with Crippen molar-refractivity contribution in [3.05, 3.63) is 6.42 Å². The minimum absolute atomic E-state index is 0. The Hall–Kier alpha value is 0.662. The van der Waals surface area contributed by atoms with Crippen LogP contribution in [-0.4, -0.2) is 0 Å². The Labute approximate surface area is 78.4 Å². The zero-order valence-corrected chi connectivity index (χ0v) is 9.87. The Kier molecular flexibility index (Phi) is 4.14. The molecule has 0 aromatic carbocycles. The van der Waals surface area contributed by atoms with Crippen LogP contribution in [0.4, 0.5) is 0 Å². The van der Waals surface area contributed by atoms with Crippen LogP contribution >= 0.6 is 0 Å². The summed E-state index contributed by atoms with van der Waals surface area (Å²) in [4.78, 5) is 0.